The summed E-state index contributed by atoms with van der Waals surface area (Å²) < 4.78 is 10.5. The average molecular weight is 348 g/mol. The Morgan fingerprint density at radius 2 is 2.04 bits per heavy atom. The van der Waals surface area contributed by atoms with E-state index in [1.165, 1.54) is 19.0 Å². The fourth-order valence-corrected chi connectivity index (χ4v) is 3.58. The Hall–Kier alpha value is -2.05. The van der Waals surface area contributed by atoms with Gasteiger partial charge in [0.05, 0.1) is 0 Å². The van der Waals surface area contributed by atoms with Crippen molar-refractivity contribution < 1.29 is 13.9 Å². The summed E-state index contributed by atoms with van der Waals surface area (Å²) in [7, 11) is 0. The molecule has 1 amide bonds. The zero-order valence-electron chi connectivity index (χ0n) is 13.1. The van der Waals surface area contributed by atoms with Crippen LogP contribution in [0.2, 0.25) is 5.35 Å². The molecule has 24 heavy (non-hydrogen) atoms. The van der Waals surface area contributed by atoms with Crippen molar-refractivity contribution in [3.8, 4) is 11.7 Å². The lowest BCUT2D eigenvalue weighted by Gasteiger charge is -2.44. The van der Waals surface area contributed by atoms with Crippen molar-refractivity contribution in [3.63, 3.8) is 0 Å². The SMILES string of the molecule is O=C(N[C@H]1CN2CCC1CC2)c1ccc(Oc2cnc(Cl)o2)cc1. The normalized spacial score (nSPS) is 25.5. The van der Waals surface area contributed by atoms with E-state index in [9.17, 15) is 4.79 Å². The van der Waals surface area contributed by atoms with E-state index in [1.54, 1.807) is 24.3 Å². The van der Waals surface area contributed by atoms with E-state index in [0.29, 0.717) is 17.2 Å². The summed E-state index contributed by atoms with van der Waals surface area (Å²) in [5, 5.41) is 3.20. The van der Waals surface area contributed by atoms with Gasteiger partial charge in [0.2, 0.25) is 0 Å². The summed E-state index contributed by atoms with van der Waals surface area (Å²) >= 11 is 5.60. The first-order valence-electron chi connectivity index (χ1n) is 8.10. The number of rotatable bonds is 4. The molecule has 0 radical (unpaired) electrons. The number of amides is 1. The van der Waals surface area contributed by atoms with Gasteiger partial charge in [0.25, 0.3) is 11.3 Å². The standard InChI is InChI=1S/C17H18ClN3O3/c18-17-19-9-15(24-17)23-13-3-1-12(2-4-13)16(22)20-14-10-21-7-5-11(14)6-8-21/h1-4,9,11,14H,5-8,10H2,(H,20,22)/t14-/m0/s1. The van der Waals surface area contributed by atoms with Crippen LogP contribution in [-0.4, -0.2) is 41.5 Å². The Balaban J connectivity index is 1.38. The second-order valence-corrected chi connectivity index (χ2v) is 6.60. The maximum atomic E-state index is 12.4. The second kappa shape index (κ2) is 6.45. The number of hydrogen-bond donors (Lipinski definition) is 1. The number of carbonyl (C=O) groups excluding carboxylic acids is 1. The van der Waals surface area contributed by atoms with Gasteiger partial charge in [-0.3, -0.25) is 4.79 Å². The third-order valence-corrected chi connectivity index (χ3v) is 4.94. The molecular formula is C17H18ClN3O3. The molecule has 3 aliphatic rings. The Labute approximate surface area is 144 Å². The summed E-state index contributed by atoms with van der Waals surface area (Å²) in [5.41, 5.74) is 0.620. The number of fused-ring (bicyclic) bond motifs is 3. The Kier molecular flexibility index (Phi) is 4.16. The van der Waals surface area contributed by atoms with Crippen LogP contribution >= 0.6 is 11.6 Å². The molecule has 5 rings (SSSR count). The van der Waals surface area contributed by atoms with Crippen LogP contribution in [0.1, 0.15) is 23.2 Å². The number of ether oxygens (including phenoxy) is 1. The van der Waals surface area contributed by atoms with Crippen LogP contribution < -0.4 is 10.1 Å². The van der Waals surface area contributed by atoms with Crippen LogP contribution in [0.4, 0.5) is 0 Å². The molecule has 0 aliphatic carbocycles. The lowest BCUT2D eigenvalue weighted by Crippen LogP contribution is -2.57. The van der Waals surface area contributed by atoms with E-state index < -0.39 is 0 Å². The van der Waals surface area contributed by atoms with Gasteiger partial charge in [-0.1, -0.05) is 0 Å². The number of carbonyl (C=O) groups is 1. The first-order valence-corrected chi connectivity index (χ1v) is 8.47. The van der Waals surface area contributed by atoms with Crippen molar-refractivity contribution in [1.82, 2.24) is 15.2 Å². The topological polar surface area (TPSA) is 67.6 Å². The van der Waals surface area contributed by atoms with Gasteiger partial charge in [-0.25, -0.2) is 4.98 Å². The lowest BCUT2D eigenvalue weighted by molar-refractivity contribution is 0.0620. The van der Waals surface area contributed by atoms with Crippen molar-refractivity contribution >= 4 is 17.5 Å². The summed E-state index contributed by atoms with van der Waals surface area (Å²) in [6, 6.07) is 7.19. The molecule has 1 N–H and O–H groups in total. The van der Waals surface area contributed by atoms with Crippen LogP contribution in [-0.2, 0) is 0 Å². The lowest BCUT2D eigenvalue weighted by atomic mass is 9.84. The molecule has 1 aromatic heterocycles. The van der Waals surface area contributed by atoms with Gasteiger partial charge in [-0.2, -0.15) is 0 Å². The number of aromatic nitrogens is 1. The molecule has 2 aromatic rings. The monoisotopic (exact) mass is 347 g/mol. The molecule has 0 unspecified atom stereocenters. The van der Waals surface area contributed by atoms with E-state index in [-0.39, 0.29) is 23.2 Å². The van der Waals surface area contributed by atoms with E-state index in [4.69, 9.17) is 20.8 Å². The molecule has 0 spiro atoms. The smallest absolute Gasteiger partial charge is 0.311 e. The van der Waals surface area contributed by atoms with Gasteiger partial charge < -0.3 is 19.4 Å². The van der Waals surface area contributed by atoms with E-state index in [1.807, 2.05) is 0 Å². The average Bonchev–Trinajstić information content (AvgIpc) is 3.01. The van der Waals surface area contributed by atoms with Gasteiger partial charge in [0.15, 0.2) is 0 Å². The minimum Gasteiger partial charge on any atom is -0.425 e. The highest BCUT2D eigenvalue weighted by Crippen LogP contribution is 2.28. The van der Waals surface area contributed by atoms with Crippen molar-refractivity contribution in [2.24, 2.45) is 5.92 Å². The first kappa shape index (κ1) is 15.5. The first-order chi connectivity index (χ1) is 11.7. The third kappa shape index (κ3) is 3.25. The molecule has 7 heteroatoms. The molecular weight excluding hydrogens is 330 g/mol. The van der Waals surface area contributed by atoms with Gasteiger partial charge in [-0.05, 0) is 67.7 Å². The zero-order valence-corrected chi connectivity index (χ0v) is 13.8. The van der Waals surface area contributed by atoms with Gasteiger partial charge in [0, 0.05) is 18.2 Å². The zero-order chi connectivity index (χ0) is 16.5. The van der Waals surface area contributed by atoms with Gasteiger partial charge in [0.1, 0.15) is 11.9 Å². The largest absolute Gasteiger partial charge is 0.425 e. The highest BCUT2D eigenvalue weighted by molar-refractivity contribution is 6.27. The molecule has 3 aliphatic heterocycles. The summed E-state index contributed by atoms with van der Waals surface area (Å²) in [5.74, 6) is 1.34. The van der Waals surface area contributed by atoms with E-state index in [0.717, 1.165) is 19.6 Å². The van der Waals surface area contributed by atoms with Crippen molar-refractivity contribution in [2.45, 2.75) is 18.9 Å². The Morgan fingerprint density at radius 3 is 2.62 bits per heavy atom. The van der Waals surface area contributed by atoms with E-state index >= 15 is 0 Å². The Morgan fingerprint density at radius 1 is 1.29 bits per heavy atom. The molecule has 126 valence electrons. The molecule has 4 heterocycles. The number of oxazole rings is 1. The number of nitrogens with zero attached hydrogens (tertiary/aromatic N) is 2. The van der Waals surface area contributed by atoms with Gasteiger partial charge in [-0.15, -0.1) is 0 Å². The number of hydrogen-bond acceptors (Lipinski definition) is 5. The molecule has 3 saturated heterocycles. The highest BCUT2D eigenvalue weighted by atomic mass is 35.5. The molecule has 3 fully saturated rings. The summed E-state index contributed by atoms with van der Waals surface area (Å²) in [6.07, 6.45) is 3.76. The summed E-state index contributed by atoms with van der Waals surface area (Å²) in [6.45, 7) is 3.29. The predicted molar refractivity (Wildman–Crippen MR) is 88.4 cm³/mol. The fourth-order valence-electron chi connectivity index (χ4n) is 3.46. The minimum absolute atomic E-state index is 0.0264. The Bertz CT molecular complexity index is 723. The van der Waals surface area contributed by atoms with Crippen molar-refractivity contribution in [1.29, 1.82) is 0 Å². The molecule has 1 atom stereocenters. The second-order valence-electron chi connectivity index (χ2n) is 6.28. The van der Waals surface area contributed by atoms with Gasteiger partial charge >= 0.3 is 5.95 Å². The predicted octanol–water partition coefficient (Wildman–Crippen LogP) is 2.94. The van der Waals surface area contributed by atoms with Crippen LogP contribution in [0.3, 0.4) is 0 Å². The molecule has 2 bridgehead atoms. The maximum Gasteiger partial charge on any atom is 0.311 e. The number of benzene rings is 1. The van der Waals surface area contributed by atoms with E-state index in [2.05, 4.69) is 15.2 Å². The number of halogens is 1. The third-order valence-electron chi connectivity index (χ3n) is 4.76. The number of piperidine rings is 3. The molecule has 6 nitrogen and oxygen atoms in total. The van der Waals surface area contributed by atoms with Crippen molar-refractivity contribution in [2.75, 3.05) is 19.6 Å². The highest BCUT2D eigenvalue weighted by Gasteiger charge is 2.34. The van der Waals surface area contributed by atoms with Crippen molar-refractivity contribution in [3.05, 3.63) is 41.4 Å². The molecule has 0 saturated carbocycles. The summed E-state index contributed by atoms with van der Waals surface area (Å²) in [4.78, 5) is 18.6. The van der Waals surface area contributed by atoms with Crippen LogP contribution in [0.5, 0.6) is 11.7 Å². The fraction of sp³-hybridized carbons (Fsp3) is 0.412. The minimum atomic E-state index is -0.0389. The van der Waals surface area contributed by atoms with Crippen LogP contribution in [0, 0.1) is 5.92 Å². The quantitative estimate of drug-likeness (QED) is 0.921. The maximum absolute atomic E-state index is 12.4. The van der Waals surface area contributed by atoms with Crippen LogP contribution in [0.15, 0.2) is 34.9 Å². The van der Waals surface area contributed by atoms with Crippen LogP contribution in [0.25, 0.3) is 0 Å². The molecule has 1 aromatic carbocycles. The number of nitrogens with one attached hydrogen (secondary N) is 1.